The minimum absolute atomic E-state index is 0.413. The van der Waals surface area contributed by atoms with Crippen LogP contribution in [0.15, 0.2) is 40.0 Å². The molecule has 0 atom stereocenters. The van der Waals surface area contributed by atoms with Crippen molar-refractivity contribution in [3.05, 3.63) is 47.2 Å². The molecular formula is C21H28N2O5. The first kappa shape index (κ1) is 21.3. The van der Waals surface area contributed by atoms with E-state index in [9.17, 15) is 0 Å². The molecule has 28 heavy (non-hydrogen) atoms. The summed E-state index contributed by atoms with van der Waals surface area (Å²) < 4.78 is 22.4. The Morgan fingerprint density at radius 1 is 1.11 bits per heavy atom. The third-order valence-corrected chi connectivity index (χ3v) is 3.87. The van der Waals surface area contributed by atoms with Crippen LogP contribution in [0.25, 0.3) is 0 Å². The zero-order valence-electron chi connectivity index (χ0n) is 17.2. The van der Waals surface area contributed by atoms with Crippen molar-refractivity contribution in [1.29, 1.82) is 0 Å². The normalized spacial score (nSPS) is 11.7. The van der Waals surface area contributed by atoms with Gasteiger partial charge in [-0.25, -0.2) is 0 Å². The summed E-state index contributed by atoms with van der Waals surface area (Å²) in [5, 5.41) is 7.64. The van der Waals surface area contributed by atoms with Gasteiger partial charge < -0.3 is 23.6 Å². The first-order chi connectivity index (χ1) is 13.5. The molecule has 0 saturated carbocycles. The summed E-state index contributed by atoms with van der Waals surface area (Å²) >= 11 is 0. The molecule has 152 valence electrons. The minimum atomic E-state index is 0.413. The first-order valence-electron chi connectivity index (χ1n) is 9.20. The number of allylic oxidation sites excluding steroid dienone is 1. The summed E-state index contributed by atoms with van der Waals surface area (Å²) in [5.41, 5.74) is 2.69. The second-order valence-electron chi connectivity index (χ2n) is 6.21. The van der Waals surface area contributed by atoms with Crippen LogP contribution in [0.1, 0.15) is 37.2 Å². The van der Waals surface area contributed by atoms with Crippen molar-refractivity contribution in [3.8, 4) is 17.4 Å². The lowest BCUT2D eigenvalue weighted by Gasteiger charge is -2.14. The highest BCUT2D eigenvalue weighted by molar-refractivity contribution is 5.95. The topological polar surface area (TPSA) is 75.3 Å². The third kappa shape index (κ3) is 6.33. The maximum Gasteiger partial charge on any atom is 0.254 e. The summed E-state index contributed by atoms with van der Waals surface area (Å²) in [6, 6.07) is 5.66. The molecule has 0 fully saturated rings. The van der Waals surface area contributed by atoms with Crippen molar-refractivity contribution in [3.63, 3.8) is 0 Å². The second-order valence-corrected chi connectivity index (χ2v) is 6.21. The summed E-state index contributed by atoms with van der Waals surface area (Å²) in [7, 11) is 1.48. The maximum atomic E-state index is 5.93. The van der Waals surface area contributed by atoms with Crippen molar-refractivity contribution in [2.75, 3.05) is 26.9 Å². The van der Waals surface area contributed by atoms with Crippen LogP contribution < -0.4 is 14.2 Å². The van der Waals surface area contributed by atoms with Crippen LogP contribution in [-0.4, -0.2) is 37.8 Å². The van der Waals surface area contributed by atoms with Gasteiger partial charge in [0, 0.05) is 6.42 Å². The van der Waals surface area contributed by atoms with Crippen LogP contribution in [0.3, 0.4) is 0 Å². The number of ether oxygens (including phenoxy) is 3. The number of hydrogen-bond donors (Lipinski definition) is 0. The number of hydrogen-bond acceptors (Lipinski definition) is 7. The summed E-state index contributed by atoms with van der Waals surface area (Å²) in [4.78, 5) is 4.71. The van der Waals surface area contributed by atoms with Crippen LogP contribution in [0, 0.1) is 13.8 Å². The molecule has 0 unspecified atom stereocenters. The molecule has 7 nitrogen and oxygen atoms in total. The predicted molar refractivity (Wildman–Crippen MR) is 108 cm³/mol. The van der Waals surface area contributed by atoms with E-state index in [1.54, 1.807) is 13.0 Å². The maximum absolute atomic E-state index is 5.93. The minimum Gasteiger partial charge on any atom is -0.493 e. The molecule has 0 N–H and O–H groups in total. The Kier molecular flexibility index (Phi) is 8.39. The van der Waals surface area contributed by atoms with Gasteiger partial charge in [-0.1, -0.05) is 17.3 Å². The van der Waals surface area contributed by atoms with Crippen LogP contribution >= 0.6 is 0 Å². The Hall–Kier alpha value is -2.96. The van der Waals surface area contributed by atoms with Gasteiger partial charge in [0.15, 0.2) is 5.76 Å². The molecule has 2 aromatic rings. The highest BCUT2D eigenvalue weighted by Gasteiger charge is 2.10. The number of benzene rings is 1. The molecule has 0 saturated heterocycles. The van der Waals surface area contributed by atoms with E-state index in [-0.39, 0.29) is 0 Å². The molecule has 0 radical (unpaired) electrons. The molecule has 1 aromatic carbocycles. The number of nitrogens with zero attached hydrogens (tertiary/aromatic N) is 2. The smallest absolute Gasteiger partial charge is 0.254 e. The van der Waals surface area contributed by atoms with Crippen LogP contribution in [0.4, 0.5) is 0 Å². The van der Waals surface area contributed by atoms with E-state index in [2.05, 4.69) is 10.3 Å². The monoisotopic (exact) mass is 388 g/mol. The van der Waals surface area contributed by atoms with Gasteiger partial charge in [-0.3, -0.25) is 0 Å². The van der Waals surface area contributed by atoms with Gasteiger partial charge in [0.25, 0.3) is 5.88 Å². The zero-order chi connectivity index (χ0) is 20.4. The quantitative estimate of drug-likeness (QED) is 0.245. The van der Waals surface area contributed by atoms with Crippen molar-refractivity contribution in [2.24, 2.45) is 5.16 Å². The van der Waals surface area contributed by atoms with Crippen LogP contribution in [-0.2, 0) is 4.84 Å². The molecule has 2 rings (SSSR count). The lowest BCUT2D eigenvalue weighted by atomic mass is 10.1. The lowest BCUT2D eigenvalue weighted by Crippen LogP contribution is -2.07. The summed E-state index contributed by atoms with van der Waals surface area (Å²) in [5.74, 6) is 2.65. The predicted octanol–water partition coefficient (Wildman–Crippen LogP) is 4.46. The fraction of sp³-hybridized carbons (Fsp3) is 0.429. The summed E-state index contributed by atoms with van der Waals surface area (Å²) in [6.07, 6.45) is 4.65. The number of rotatable bonds is 11. The third-order valence-electron chi connectivity index (χ3n) is 3.87. The van der Waals surface area contributed by atoms with E-state index in [0.717, 1.165) is 22.6 Å². The molecule has 0 bridgehead atoms. The molecule has 1 aromatic heterocycles. The van der Waals surface area contributed by atoms with Gasteiger partial charge in [-0.15, -0.1) is 0 Å². The average molecular weight is 388 g/mol. The number of aryl methyl sites for hydroxylation is 2. The summed E-state index contributed by atoms with van der Waals surface area (Å²) in [6.45, 7) is 9.34. The van der Waals surface area contributed by atoms with Gasteiger partial charge in [-0.2, -0.15) is 0 Å². The molecular weight excluding hydrogens is 360 g/mol. The SMILES string of the molecule is C/C=C/COc1cc(C)c(OCCCOc2cc(C(C)=NOC)on2)c(C)c1. The van der Waals surface area contributed by atoms with E-state index >= 15 is 0 Å². The van der Waals surface area contributed by atoms with E-state index in [4.69, 9.17) is 23.6 Å². The zero-order valence-corrected chi connectivity index (χ0v) is 17.2. The van der Waals surface area contributed by atoms with Crippen molar-refractivity contribution >= 4 is 5.71 Å². The molecule has 1 heterocycles. The fourth-order valence-corrected chi connectivity index (χ4v) is 2.55. The van der Waals surface area contributed by atoms with Crippen LogP contribution in [0.2, 0.25) is 0 Å². The van der Waals surface area contributed by atoms with E-state index in [0.29, 0.717) is 43.6 Å². The Morgan fingerprint density at radius 2 is 1.82 bits per heavy atom. The van der Waals surface area contributed by atoms with Crippen LogP contribution in [0.5, 0.6) is 17.4 Å². The van der Waals surface area contributed by atoms with Gasteiger partial charge >= 0.3 is 0 Å². The van der Waals surface area contributed by atoms with Gasteiger partial charge in [-0.05, 0) is 56.1 Å². The van der Waals surface area contributed by atoms with Crippen molar-refractivity contribution in [1.82, 2.24) is 5.16 Å². The van der Waals surface area contributed by atoms with Gasteiger partial charge in [0.1, 0.15) is 30.9 Å². The molecule has 7 heteroatoms. The Balaban J connectivity index is 1.78. The number of oxime groups is 1. The molecule has 0 amide bonds. The van der Waals surface area contributed by atoms with Crippen molar-refractivity contribution < 1.29 is 23.6 Å². The highest BCUT2D eigenvalue weighted by atomic mass is 16.6. The molecule has 0 aliphatic heterocycles. The standard InChI is InChI=1S/C21H28N2O5/c1-6-7-9-25-18-12-15(2)21(16(3)13-18)27-11-8-10-26-20-14-19(28-23-20)17(4)22-24-5/h6-7,12-14H,8-11H2,1-5H3/b7-6+,22-17?. The molecule has 0 spiro atoms. The lowest BCUT2D eigenvalue weighted by molar-refractivity contribution is 0.212. The second kappa shape index (κ2) is 11.0. The number of aromatic nitrogens is 1. The van der Waals surface area contributed by atoms with E-state index in [1.807, 2.05) is 45.1 Å². The van der Waals surface area contributed by atoms with E-state index in [1.165, 1.54) is 7.11 Å². The Bertz CT molecular complexity index is 788. The van der Waals surface area contributed by atoms with Crippen molar-refractivity contribution in [2.45, 2.75) is 34.1 Å². The Labute approximate surface area is 165 Å². The van der Waals surface area contributed by atoms with Gasteiger partial charge in [0.2, 0.25) is 0 Å². The average Bonchev–Trinajstić information content (AvgIpc) is 3.13. The highest BCUT2D eigenvalue weighted by Crippen LogP contribution is 2.28. The molecule has 0 aliphatic carbocycles. The van der Waals surface area contributed by atoms with Gasteiger partial charge in [0.05, 0.1) is 19.3 Å². The molecule has 0 aliphatic rings. The fourth-order valence-electron chi connectivity index (χ4n) is 2.55. The Morgan fingerprint density at radius 3 is 2.50 bits per heavy atom. The van der Waals surface area contributed by atoms with E-state index < -0.39 is 0 Å². The largest absolute Gasteiger partial charge is 0.493 e. The first-order valence-corrected chi connectivity index (χ1v) is 9.20.